The highest BCUT2D eigenvalue weighted by molar-refractivity contribution is 7.57. The van der Waals surface area contributed by atoms with Gasteiger partial charge in [0.2, 0.25) is 0 Å². The van der Waals surface area contributed by atoms with E-state index < -0.39 is 5.82 Å². The Bertz CT molecular complexity index is 1140. The molecule has 0 radical (unpaired) electrons. The molecule has 2 N–H and O–H groups in total. The Morgan fingerprint density at radius 2 is 1.94 bits per heavy atom. The van der Waals surface area contributed by atoms with E-state index in [0.29, 0.717) is 45.9 Å². The van der Waals surface area contributed by atoms with Crippen LogP contribution in [0.15, 0.2) is 18.2 Å². The average molecular weight is 487 g/mol. The van der Waals surface area contributed by atoms with Crippen molar-refractivity contribution < 1.29 is 18.8 Å². The zero-order valence-electron chi connectivity index (χ0n) is 20.3. The monoisotopic (exact) mass is 486 g/mol. The van der Waals surface area contributed by atoms with Gasteiger partial charge in [0.25, 0.3) is 11.8 Å². The molecule has 3 rings (SSSR count). The molecule has 1 atom stereocenters. The first-order valence-corrected chi connectivity index (χ1v) is 13.0. The number of carbonyl (C=O) groups excluding carboxylic acids is 3. The van der Waals surface area contributed by atoms with E-state index in [4.69, 9.17) is 0 Å². The Labute approximate surface area is 201 Å². The lowest BCUT2D eigenvalue weighted by Crippen LogP contribution is -2.35. The van der Waals surface area contributed by atoms with Gasteiger partial charge in [-0.05, 0) is 63.4 Å². The van der Waals surface area contributed by atoms with E-state index in [2.05, 4.69) is 29.0 Å². The molecule has 0 fully saturated rings. The zero-order valence-corrected chi connectivity index (χ0v) is 21.3. The fourth-order valence-electron chi connectivity index (χ4n) is 4.21. The van der Waals surface area contributed by atoms with E-state index in [1.807, 2.05) is 13.8 Å². The number of H-pyrrole nitrogens is 1. The molecule has 2 aromatic rings. The predicted molar refractivity (Wildman–Crippen MR) is 136 cm³/mol. The normalized spacial score (nSPS) is 14.6. The molecule has 7 nitrogen and oxygen atoms in total. The number of aromatic amines is 1. The molecule has 1 unspecified atom stereocenters. The summed E-state index contributed by atoms with van der Waals surface area (Å²) in [6, 6.07) is 4.12. The van der Waals surface area contributed by atoms with E-state index in [-0.39, 0.29) is 32.5 Å². The molecule has 2 heterocycles. The van der Waals surface area contributed by atoms with Crippen LogP contribution < -0.4 is 10.2 Å². The Balaban J connectivity index is 1.91. The molecule has 2 amide bonds. The number of likely N-dealkylation sites (N-methyl/N-ethyl adjacent to an activating group) is 1. The standard InChI is InChI=1S/C25H32FN4O3P/c1-6-29(7-2)11-10-27-24(32)23-15(3)20(28-16(23)4)13-19-18-12-17(26)8-9-21(18)30(25(19)33)14-22(31)34-5/h8-9,12-13,28,34H,6-7,10-11,14H2,1-5H3,(H,27,32)/b19-13-. The van der Waals surface area contributed by atoms with Crippen molar-refractivity contribution in [3.63, 3.8) is 0 Å². The highest BCUT2D eigenvalue weighted by Crippen LogP contribution is 2.39. The van der Waals surface area contributed by atoms with Crippen molar-refractivity contribution in [3.05, 3.63) is 52.1 Å². The molecule has 9 heteroatoms. The predicted octanol–water partition coefficient (Wildman–Crippen LogP) is 3.56. The molecule has 34 heavy (non-hydrogen) atoms. The summed E-state index contributed by atoms with van der Waals surface area (Å²) in [5.41, 5.74) is 3.73. The van der Waals surface area contributed by atoms with Gasteiger partial charge in [0, 0.05) is 30.0 Å². The van der Waals surface area contributed by atoms with Gasteiger partial charge in [-0.15, -0.1) is 0 Å². The van der Waals surface area contributed by atoms with Gasteiger partial charge in [-0.25, -0.2) is 4.39 Å². The summed E-state index contributed by atoms with van der Waals surface area (Å²) in [4.78, 5) is 45.0. The van der Waals surface area contributed by atoms with E-state index in [9.17, 15) is 18.8 Å². The largest absolute Gasteiger partial charge is 0.358 e. The van der Waals surface area contributed by atoms with Crippen molar-refractivity contribution in [2.45, 2.75) is 27.7 Å². The van der Waals surface area contributed by atoms with Crippen LogP contribution in [-0.4, -0.2) is 66.6 Å². The molecular formula is C25H32FN4O3P. The first-order chi connectivity index (χ1) is 16.2. The number of halogens is 1. The number of nitrogens with one attached hydrogen (secondary N) is 2. The molecule has 1 aliphatic heterocycles. The molecule has 0 saturated heterocycles. The lowest BCUT2D eigenvalue weighted by atomic mass is 10.0. The first kappa shape index (κ1) is 25.8. The summed E-state index contributed by atoms with van der Waals surface area (Å²) in [5.74, 6) is -0.997. The summed E-state index contributed by atoms with van der Waals surface area (Å²) >= 11 is 0. The number of nitrogens with zero attached hydrogens (tertiary/aromatic N) is 2. The van der Waals surface area contributed by atoms with Crippen LogP contribution in [0.3, 0.4) is 0 Å². The lowest BCUT2D eigenvalue weighted by molar-refractivity contribution is -0.115. The maximum Gasteiger partial charge on any atom is 0.259 e. The molecule has 0 spiro atoms. The summed E-state index contributed by atoms with van der Waals surface area (Å²) < 4.78 is 14.0. The van der Waals surface area contributed by atoms with Gasteiger partial charge in [0.15, 0.2) is 5.52 Å². The molecule has 1 aliphatic rings. The van der Waals surface area contributed by atoms with Gasteiger partial charge in [0.05, 0.1) is 23.4 Å². The van der Waals surface area contributed by atoms with Crippen LogP contribution in [0.1, 0.15) is 46.7 Å². The fraction of sp³-hybridized carbons (Fsp3) is 0.400. The Kier molecular flexibility index (Phi) is 8.39. The van der Waals surface area contributed by atoms with Crippen molar-refractivity contribution in [3.8, 4) is 0 Å². The number of amides is 2. The quantitative estimate of drug-likeness (QED) is 0.397. The number of hydrogen-bond donors (Lipinski definition) is 2. The number of aryl methyl sites for hydroxylation is 1. The maximum atomic E-state index is 14.0. The van der Waals surface area contributed by atoms with Gasteiger partial charge in [0.1, 0.15) is 5.82 Å². The van der Waals surface area contributed by atoms with Gasteiger partial charge in [-0.1, -0.05) is 22.4 Å². The molecule has 0 aliphatic carbocycles. The van der Waals surface area contributed by atoms with Crippen molar-refractivity contribution in [1.29, 1.82) is 0 Å². The average Bonchev–Trinajstić information content (AvgIpc) is 3.23. The first-order valence-electron chi connectivity index (χ1n) is 11.5. The summed E-state index contributed by atoms with van der Waals surface area (Å²) in [6.45, 7) is 12.7. The number of fused-ring (bicyclic) bond motifs is 1. The van der Waals surface area contributed by atoms with Crippen molar-refractivity contribution >= 4 is 43.3 Å². The third-order valence-corrected chi connectivity index (χ3v) is 6.91. The SMILES string of the molecule is CCN(CC)CCNC(=O)c1c(C)[nH]c(/C=C2\C(=O)N(CC(=O)PC)c3ccc(F)cc32)c1C. The van der Waals surface area contributed by atoms with Crippen molar-refractivity contribution in [2.75, 3.05) is 44.3 Å². The second kappa shape index (κ2) is 11.1. The highest BCUT2D eigenvalue weighted by atomic mass is 31.1. The maximum absolute atomic E-state index is 14.0. The van der Waals surface area contributed by atoms with Crippen LogP contribution in [0.4, 0.5) is 10.1 Å². The fourth-order valence-corrected chi connectivity index (χ4v) is 4.52. The van der Waals surface area contributed by atoms with Crippen LogP contribution in [0.2, 0.25) is 0 Å². The van der Waals surface area contributed by atoms with E-state index in [1.165, 1.54) is 23.1 Å². The minimum atomic E-state index is -0.462. The molecule has 0 saturated carbocycles. The van der Waals surface area contributed by atoms with Crippen molar-refractivity contribution in [2.24, 2.45) is 0 Å². The minimum Gasteiger partial charge on any atom is -0.358 e. The number of benzene rings is 1. The number of rotatable bonds is 10. The highest BCUT2D eigenvalue weighted by Gasteiger charge is 2.34. The van der Waals surface area contributed by atoms with E-state index in [0.717, 1.165) is 19.6 Å². The minimum absolute atomic E-state index is 0.0489. The third kappa shape index (κ3) is 5.29. The van der Waals surface area contributed by atoms with E-state index in [1.54, 1.807) is 12.7 Å². The Morgan fingerprint density at radius 1 is 1.24 bits per heavy atom. The second-order valence-electron chi connectivity index (χ2n) is 8.23. The summed E-state index contributed by atoms with van der Waals surface area (Å²) in [6.07, 6.45) is 1.65. The lowest BCUT2D eigenvalue weighted by Gasteiger charge is -2.18. The van der Waals surface area contributed by atoms with Gasteiger partial charge >= 0.3 is 0 Å². The molecule has 1 aromatic heterocycles. The number of anilines is 1. The molecule has 182 valence electrons. The molecule has 1 aromatic carbocycles. The van der Waals surface area contributed by atoms with Crippen LogP contribution in [0.25, 0.3) is 11.6 Å². The van der Waals surface area contributed by atoms with Gasteiger partial charge < -0.3 is 15.2 Å². The van der Waals surface area contributed by atoms with Crippen LogP contribution in [0.5, 0.6) is 0 Å². The molecular weight excluding hydrogens is 454 g/mol. The van der Waals surface area contributed by atoms with Crippen LogP contribution >= 0.6 is 8.58 Å². The zero-order chi connectivity index (χ0) is 25.0. The number of carbonyl (C=O) groups is 3. The van der Waals surface area contributed by atoms with Crippen molar-refractivity contribution in [1.82, 2.24) is 15.2 Å². The van der Waals surface area contributed by atoms with Gasteiger partial charge in [-0.2, -0.15) is 0 Å². The Hall–Kier alpha value is -2.83. The van der Waals surface area contributed by atoms with Gasteiger partial charge in [-0.3, -0.25) is 19.3 Å². The Morgan fingerprint density at radius 3 is 2.59 bits per heavy atom. The smallest absolute Gasteiger partial charge is 0.259 e. The second-order valence-corrected chi connectivity index (χ2v) is 9.29. The number of aromatic nitrogens is 1. The van der Waals surface area contributed by atoms with Crippen LogP contribution in [0, 0.1) is 19.7 Å². The summed E-state index contributed by atoms with van der Waals surface area (Å²) in [5, 5.41) is 2.97. The van der Waals surface area contributed by atoms with Crippen LogP contribution in [-0.2, 0) is 9.59 Å². The summed E-state index contributed by atoms with van der Waals surface area (Å²) in [7, 11) is 0.0626. The topological polar surface area (TPSA) is 85.5 Å². The number of hydrogen-bond acceptors (Lipinski definition) is 4. The third-order valence-electron chi connectivity index (χ3n) is 6.20. The molecule has 0 bridgehead atoms. The van der Waals surface area contributed by atoms with E-state index >= 15 is 0 Å².